The van der Waals surface area contributed by atoms with Crippen LogP contribution in [0.4, 0.5) is 4.39 Å². The van der Waals surface area contributed by atoms with Crippen molar-refractivity contribution in [2.75, 3.05) is 0 Å². The monoisotopic (exact) mass is 206 g/mol. The van der Waals surface area contributed by atoms with Crippen molar-refractivity contribution in [1.82, 2.24) is 15.2 Å². The maximum Gasteiger partial charge on any atom is 0.164 e. The molecule has 0 aliphatic heterocycles. The van der Waals surface area contributed by atoms with Crippen molar-refractivity contribution in [2.24, 2.45) is 5.73 Å². The van der Waals surface area contributed by atoms with Crippen LogP contribution in [0.15, 0.2) is 24.3 Å². The number of nitrogens with one attached hydrogen (secondary N) is 1. The van der Waals surface area contributed by atoms with E-state index in [1.807, 2.05) is 0 Å². The van der Waals surface area contributed by atoms with Crippen LogP contribution >= 0.6 is 0 Å². The van der Waals surface area contributed by atoms with Crippen LogP contribution in [0.2, 0.25) is 0 Å². The summed E-state index contributed by atoms with van der Waals surface area (Å²) in [5, 5.41) is 6.70. The van der Waals surface area contributed by atoms with E-state index in [2.05, 4.69) is 15.2 Å². The number of benzene rings is 1. The van der Waals surface area contributed by atoms with Gasteiger partial charge in [-0.25, -0.2) is 9.37 Å². The third-order valence-corrected chi connectivity index (χ3v) is 2.05. The second-order valence-corrected chi connectivity index (χ2v) is 3.21. The summed E-state index contributed by atoms with van der Waals surface area (Å²) in [4.78, 5) is 4.16. The molecule has 0 aliphatic carbocycles. The summed E-state index contributed by atoms with van der Waals surface area (Å²) in [5.41, 5.74) is 6.36. The van der Waals surface area contributed by atoms with Crippen molar-refractivity contribution < 1.29 is 4.39 Å². The van der Waals surface area contributed by atoms with Gasteiger partial charge in [-0.15, -0.1) is 0 Å². The Morgan fingerprint density at radius 2 is 2.00 bits per heavy atom. The van der Waals surface area contributed by atoms with Crippen molar-refractivity contribution in [2.45, 2.75) is 13.0 Å². The van der Waals surface area contributed by atoms with E-state index in [1.54, 1.807) is 12.1 Å². The van der Waals surface area contributed by atoms with E-state index in [0.717, 1.165) is 11.4 Å². The Bertz CT molecular complexity index is 435. The highest BCUT2D eigenvalue weighted by atomic mass is 19.1. The van der Waals surface area contributed by atoms with Gasteiger partial charge in [0.05, 0.1) is 6.54 Å². The first-order chi connectivity index (χ1) is 7.28. The Labute approximate surface area is 86.3 Å². The van der Waals surface area contributed by atoms with Crippen LogP contribution in [0.5, 0.6) is 0 Å². The topological polar surface area (TPSA) is 67.6 Å². The molecule has 0 saturated carbocycles. The molecule has 0 atom stereocenters. The van der Waals surface area contributed by atoms with Gasteiger partial charge in [-0.3, -0.25) is 5.10 Å². The van der Waals surface area contributed by atoms with Gasteiger partial charge in [-0.1, -0.05) is 12.1 Å². The summed E-state index contributed by atoms with van der Waals surface area (Å²) in [5.74, 6) is 1.09. The molecule has 0 amide bonds. The normalized spacial score (nSPS) is 10.5. The van der Waals surface area contributed by atoms with Gasteiger partial charge in [0, 0.05) is 6.42 Å². The van der Waals surface area contributed by atoms with Gasteiger partial charge >= 0.3 is 0 Å². The SMILES string of the molecule is NCc1n[nH]c(Cc2ccc(F)cc2)n1. The van der Waals surface area contributed by atoms with Crippen LogP contribution in [0.1, 0.15) is 17.2 Å². The summed E-state index contributed by atoms with van der Waals surface area (Å²) in [6.07, 6.45) is 0.604. The molecule has 5 heteroatoms. The van der Waals surface area contributed by atoms with Gasteiger partial charge in [0.1, 0.15) is 11.6 Å². The zero-order valence-electron chi connectivity index (χ0n) is 8.07. The lowest BCUT2D eigenvalue weighted by atomic mass is 10.1. The van der Waals surface area contributed by atoms with Gasteiger partial charge in [0.2, 0.25) is 0 Å². The van der Waals surface area contributed by atoms with Crippen molar-refractivity contribution in [3.05, 3.63) is 47.3 Å². The molecule has 0 bridgehead atoms. The Kier molecular flexibility index (Phi) is 2.73. The highest BCUT2D eigenvalue weighted by molar-refractivity contribution is 5.19. The molecule has 4 nitrogen and oxygen atoms in total. The predicted molar refractivity (Wildman–Crippen MR) is 53.5 cm³/mol. The lowest BCUT2D eigenvalue weighted by Crippen LogP contribution is -1.98. The molecule has 0 radical (unpaired) electrons. The van der Waals surface area contributed by atoms with Gasteiger partial charge < -0.3 is 5.73 Å². The molecule has 15 heavy (non-hydrogen) atoms. The van der Waals surface area contributed by atoms with Gasteiger partial charge in [-0.05, 0) is 17.7 Å². The molecule has 0 fully saturated rings. The number of nitrogens with two attached hydrogens (primary N) is 1. The minimum absolute atomic E-state index is 0.237. The molecule has 2 aromatic rings. The highest BCUT2D eigenvalue weighted by Crippen LogP contribution is 2.06. The van der Waals surface area contributed by atoms with Crippen molar-refractivity contribution in [1.29, 1.82) is 0 Å². The molecular weight excluding hydrogens is 195 g/mol. The Balaban J connectivity index is 2.11. The molecule has 0 spiro atoms. The number of aromatic amines is 1. The number of aromatic nitrogens is 3. The predicted octanol–water partition coefficient (Wildman–Crippen LogP) is 0.993. The quantitative estimate of drug-likeness (QED) is 0.787. The van der Waals surface area contributed by atoms with E-state index in [1.165, 1.54) is 12.1 Å². The fourth-order valence-electron chi connectivity index (χ4n) is 1.30. The fourth-order valence-corrected chi connectivity index (χ4v) is 1.30. The zero-order chi connectivity index (χ0) is 10.7. The number of rotatable bonds is 3. The average molecular weight is 206 g/mol. The van der Waals surface area contributed by atoms with E-state index in [4.69, 9.17) is 5.73 Å². The number of halogens is 1. The van der Waals surface area contributed by atoms with Crippen LogP contribution in [-0.4, -0.2) is 15.2 Å². The summed E-state index contributed by atoms with van der Waals surface area (Å²) in [6.45, 7) is 0.319. The molecule has 0 aliphatic rings. The average Bonchev–Trinajstić information content (AvgIpc) is 2.69. The highest BCUT2D eigenvalue weighted by Gasteiger charge is 2.02. The molecule has 3 N–H and O–H groups in total. The molecule has 2 rings (SSSR count). The minimum atomic E-state index is -0.237. The van der Waals surface area contributed by atoms with Crippen LogP contribution in [0.25, 0.3) is 0 Å². The van der Waals surface area contributed by atoms with Crippen molar-refractivity contribution >= 4 is 0 Å². The first-order valence-corrected chi connectivity index (χ1v) is 4.62. The third-order valence-electron chi connectivity index (χ3n) is 2.05. The Morgan fingerprint density at radius 1 is 1.27 bits per heavy atom. The number of H-pyrrole nitrogens is 1. The lowest BCUT2D eigenvalue weighted by molar-refractivity contribution is 0.627. The van der Waals surface area contributed by atoms with Crippen LogP contribution in [-0.2, 0) is 13.0 Å². The number of nitrogens with zero attached hydrogens (tertiary/aromatic N) is 2. The Morgan fingerprint density at radius 3 is 2.60 bits per heavy atom. The van der Waals surface area contributed by atoms with E-state index < -0.39 is 0 Å². The van der Waals surface area contributed by atoms with Crippen molar-refractivity contribution in [3.8, 4) is 0 Å². The summed E-state index contributed by atoms with van der Waals surface area (Å²) >= 11 is 0. The van der Waals surface area contributed by atoms with Crippen molar-refractivity contribution in [3.63, 3.8) is 0 Å². The Hall–Kier alpha value is -1.75. The summed E-state index contributed by atoms with van der Waals surface area (Å²) in [6, 6.07) is 6.30. The second-order valence-electron chi connectivity index (χ2n) is 3.21. The first-order valence-electron chi connectivity index (χ1n) is 4.62. The van der Waals surface area contributed by atoms with E-state index >= 15 is 0 Å². The van der Waals surface area contributed by atoms with Gasteiger partial charge in [0.25, 0.3) is 0 Å². The molecule has 1 heterocycles. The maximum absolute atomic E-state index is 12.6. The fraction of sp³-hybridized carbons (Fsp3) is 0.200. The molecule has 0 unspecified atom stereocenters. The molecule has 1 aromatic heterocycles. The van der Waals surface area contributed by atoms with Gasteiger partial charge in [0.15, 0.2) is 5.82 Å². The minimum Gasteiger partial charge on any atom is -0.324 e. The summed E-state index contributed by atoms with van der Waals surface area (Å²) < 4.78 is 12.6. The molecule has 78 valence electrons. The van der Waals surface area contributed by atoms with E-state index in [-0.39, 0.29) is 5.82 Å². The third kappa shape index (κ3) is 2.38. The second kappa shape index (κ2) is 4.18. The van der Waals surface area contributed by atoms with E-state index in [0.29, 0.717) is 18.8 Å². The van der Waals surface area contributed by atoms with Crippen LogP contribution < -0.4 is 5.73 Å². The molecule has 1 aromatic carbocycles. The van der Waals surface area contributed by atoms with E-state index in [9.17, 15) is 4.39 Å². The maximum atomic E-state index is 12.6. The summed E-state index contributed by atoms with van der Waals surface area (Å²) in [7, 11) is 0. The smallest absolute Gasteiger partial charge is 0.164 e. The lowest BCUT2D eigenvalue weighted by Gasteiger charge is -1.96. The number of hydrogen-bond acceptors (Lipinski definition) is 3. The first kappa shape index (κ1) is 9.79. The van der Waals surface area contributed by atoms with Gasteiger partial charge in [-0.2, -0.15) is 5.10 Å². The molecular formula is C10H11FN4. The largest absolute Gasteiger partial charge is 0.324 e. The van der Waals surface area contributed by atoms with Crippen LogP contribution in [0.3, 0.4) is 0 Å². The number of hydrogen-bond donors (Lipinski definition) is 2. The molecule has 0 saturated heterocycles. The van der Waals surface area contributed by atoms with Crippen LogP contribution in [0, 0.1) is 5.82 Å². The zero-order valence-corrected chi connectivity index (χ0v) is 8.07. The standard InChI is InChI=1S/C10H11FN4/c11-8-3-1-7(2-4-8)5-9-13-10(6-12)15-14-9/h1-4H,5-6,12H2,(H,13,14,15).